The SMILES string of the molecule is Cl.Cl.OCCN1CCC[C@H](C2CNC2)C1. The average molecular weight is 257 g/mol. The molecule has 0 aromatic heterocycles. The van der Waals surface area contributed by atoms with Gasteiger partial charge in [0, 0.05) is 13.1 Å². The Morgan fingerprint density at radius 2 is 1.93 bits per heavy atom. The van der Waals surface area contributed by atoms with E-state index in [4.69, 9.17) is 5.11 Å². The van der Waals surface area contributed by atoms with E-state index in [0.29, 0.717) is 6.61 Å². The third-order valence-corrected chi connectivity index (χ3v) is 3.44. The van der Waals surface area contributed by atoms with E-state index < -0.39 is 0 Å². The minimum absolute atomic E-state index is 0. The van der Waals surface area contributed by atoms with Gasteiger partial charge in [-0.3, -0.25) is 0 Å². The predicted molar refractivity (Wildman–Crippen MR) is 67.1 cm³/mol. The molecule has 92 valence electrons. The second kappa shape index (κ2) is 7.69. The number of nitrogens with zero attached hydrogens (tertiary/aromatic N) is 1. The molecule has 0 saturated carbocycles. The highest BCUT2D eigenvalue weighted by atomic mass is 35.5. The van der Waals surface area contributed by atoms with E-state index in [0.717, 1.165) is 18.4 Å². The molecule has 0 bridgehead atoms. The van der Waals surface area contributed by atoms with Crippen molar-refractivity contribution in [1.82, 2.24) is 10.2 Å². The number of likely N-dealkylation sites (tertiary alicyclic amines) is 1. The first-order valence-corrected chi connectivity index (χ1v) is 5.44. The van der Waals surface area contributed by atoms with Gasteiger partial charge < -0.3 is 15.3 Å². The lowest BCUT2D eigenvalue weighted by Crippen LogP contribution is -2.51. The van der Waals surface area contributed by atoms with Crippen molar-refractivity contribution in [1.29, 1.82) is 0 Å². The maximum atomic E-state index is 8.86. The average Bonchev–Trinajstić information content (AvgIpc) is 2.02. The van der Waals surface area contributed by atoms with E-state index in [2.05, 4.69) is 10.2 Å². The molecule has 2 heterocycles. The van der Waals surface area contributed by atoms with Crippen LogP contribution in [0.5, 0.6) is 0 Å². The third kappa shape index (κ3) is 4.08. The summed E-state index contributed by atoms with van der Waals surface area (Å²) in [6.07, 6.45) is 2.72. The molecule has 0 radical (unpaired) electrons. The van der Waals surface area contributed by atoms with E-state index in [-0.39, 0.29) is 24.8 Å². The molecular formula is C10H22Cl2N2O. The molecule has 0 aliphatic carbocycles. The van der Waals surface area contributed by atoms with Crippen LogP contribution in [0.1, 0.15) is 12.8 Å². The Morgan fingerprint density at radius 1 is 1.20 bits per heavy atom. The maximum Gasteiger partial charge on any atom is 0.0558 e. The fraction of sp³-hybridized carbons (Fsp3) is 1.00. The Morgan fingerprint density at radius 3 is 2.47 bits per heavy atom. The highest BCUT2D eigenvalue weighted by molar-refractivity contribution is 5.85. The molecule has 0 unspecified atom stereocenters. The second-order valence-corrected chi connectivity index (χ2v) is 4.34. The number of rotatable bonds is 3. The van der Waals surface area contributed by atoms with Gasteiger partial charge in [-0.05, 0) is 44.3 Å². The quantitative estimate of drug-likeness (QED) is 0.783. The third-order valence-electron chi connectivity index (χ3n) is 3.44. The number of halogens is 2. The van der Waals surface area contributed by atoms with Crippen molar-refractivity contribution in [3.8, 4) is 0 Å². The number of nitrogens with one attached hydrogen (secondary N) is 1. The van der Waals surface area contributed by atoms with Crippen molar-refractivity contribution in [2.75, 3.05) is 39.3 Å². The molecule has 0 aromatic carbocycles. The van der Waals surface area contributed by atoms with Crippen molar-refractivity contribution in [3.63, 3.8) is 0 Å². The molecule has 0 spiro atoms. The van der Waals surface area contributed by atoms with E-state index in [1.807, 2.05) is 0 Å². The number of hydrogen-bond acceptors (Lipinski definition) is 3. The molecule has 2 aliphatic heterocycles. The zero-order valence-electron chi connectivity index (χ0n) is 9.02. The van der Waals surface area contributed by atoms with Crippen molar-refractivity contribution in [2.24, 2.45) is 11.8 Å². The summed E-state index contributed by atoms with van der Waals surface area (Å²) in [6, 6.07) is 0. The molecule has 15 heavy (non-hydrogen) atoms. The summed E-state index contributed by atoms with van der Waals surface area (Å²) >= 11 is 0. The zero-order valence-corrected chi connectivity index (χ0v) is 10.7. The molecule has 2 saturated heterocycles. The van der Waals surface area contributed by atoms with Crippen LogP contribution in [-0.2, 0) is 0 Å². The second-order valence-electron chi connectivity index (χ2n) is 4.34. The van der Waals surface area contributed by atoms with E-state index in [1.165, 1.54) is 39.0 Å². The molecule has 1 atom stereocenters. The maximum absolute atomic E-state index is 8.86. The Kier molecular flexibility index (Phi) is 7.92. The van der Waals surface area contributed by atoms with Crippen LogP contribution in [0.3, 0.4) is 0 Å². The van der Waals surface area contributed by atoms with E-state index in [1.54, 1.807) is 0 Å². The van der Waals surface area contributed by atoms with Crippen LogP contribution in [-0.4, -0.2) is 49.3 Å². The monoisotopic (exact) mass is 256 g/mol. The summed E-state index contributed by atoms with van der Waals surface area (Å²) in [5.41, 5.74) is 0. The van der Waals surface area contributed by atoms with Crippen LogP contribution in [0.15, 0.2) is 0 Å². The molecule has 3 nitrogen and oxygen atoms in total. The first-order valence-electron chi connectivity index (χ1n) is 5.44. The summed E-state index contributed by atoms with van der Waals surface area (Å²) in [4.78, 5) is 2.41. The minimum Gasteiger partial charge on any atom is -0.395 e. The first-order chi connectivity index (χ1) is 6.40. The van der Waals surface area contributed by atoms with Gasteiger partial charge in [0.1, 0.15) is 0 Å². The van der Waals surface area contributed by atoms with Crippen LogP contribution >= 0.6 is 24.8 Å². The number of aliphatic hydroxyl groups excluding tert-OH is 1. The Balaban J connectivity index is 0.000000980. The van der Waals surface area contributed by atoms with Gasteiger partial charge in [-0.2, -0.15) is 0 Å². The van der Waals surface area contributed by atoms with Crippen LogP contribution in [0.25, 0.3) is 0 Å². The molecule has 0 aromatic rings. The first kappa shape index (κ1) is 15.5. The van der Waals surface area contributed by atoms with Crippen LogP contribution in [0.2, 0.25) is 0 Å². The molecule has 2 aliphatic rings. The largest absolute Gasteiger partial charge is 0.395 e. The lowest BCUT2D eigenvalue weighted by atomic mass is 9.82. The molecule has 5 heteroatoms. The number of β-amino-alcohol motifs (C(OH)–C–C–N with tert-alkyl or cyclic N) is 1. The highest BCUT2D eigenvalue weighted by Gasteiger charge is 2.30. The lowest BCUT2D eigenvalue weighted by Gasteiger charge is -2.41. The van der Waals surface area contributed by atoms with Crippen LogP contribution in [0, 0.1) is 11.8 Å². The summed E-state index contributed by atoms with van der Waals surface area (Å²) in [6.45, 7) is 6.03. The topological polar surface area (TPSA) is 35.5 Å². The Labute approximate surface area is 104 Å². The summed E-state index contributed by atoms with van der Waals surface area (Å²) in [7, 11) is 0. The molecule has 2 fully saturated rings. The zero-order chi connectivity index (χ0) is 9.10. The van der Waals surface area contributed by atoms with Gasteiger partial charge in [-0.25, -0.2) is 0 Å². The van der Waals surface area contributed by atoms with Crippen molar-refractivity contribution in [2.45, 2.75) is 12.8 Å². The molecule has 2 rings (SSSR count). The van der Waals surface area contributed by atoms with Crippen LogP contribution < -0.4 is 5.32 Å². The fourth-order valence-corrected chi connectivity index (χ4v) is 2.46. The Hall–Kier alpha value is 0.460. The number of piperidine rings is 1. The van der Waals surface area contributed by atoms with Gasteiger partial charge in [0.15, 0.2) is 0 Å². The number of hydrogen-bond donors (Lipinski definition) is 2. The summed E-state index contributed by atoms with van der Waals surface area (Å²) in [5.74, 6) is 1.81. The minimum atomic E-state index is 0. The van der Waals surface area contributed by atoms with Crippen LogP contribution in [0.4, 0.5) is 0 Å². The molecular weight excluding hydrogens is 235 g/mol. The van der Waals surface area contributed by atoms with Crippen molar-refractivity contribution in [3.05, 3.63) is 0 Å². The summed E-state index contributed by atoms with van der Waals surface area (Å²) in [5, 5.41) is 12.2. The van der Waals surface area contributed by atoms with Crippen molar-refractivity contribution < 1.29 is 5.11 Å². The Bertz CT molecular complexity index is 166. The fourth-order valence-electron chi connectivity index (χ4n) is 2.46. The van der Waals surface area contributed by atoms with Gasteiger partial charge in [0.05, 0.1) is 6.61 Å². The summed E-state index contributed by atoms with van der Waals surface area (Å²) < 4.78 is 0. The predicted octanol–water partition coefficient (Wildman–Crippen LogP) is 0.754. The van der Waals surface area contributed by atoms with Gasteiger partial charge in [-0.15, -0.1) is 24.8 Å². The van der Waals surface area contributed by atoms with E-state index >= 15 is 0 Å². The smallest absolute Gasteiger partial charge is 0.0558 e. The lowest BCUT2D eigenvalue weighted by molar-refractivity contribution is 0.0929. The number of aliphatic hydroxyl groups is 1. The van der Waals surface area contributed by atoms with Gasteiger partial charge >= 0.3 is 0 Å². The van der Waals surface area contributed by atoms with Gasteiger partial charge in [-0.1, -0.05) is 0 Å². The van der Waals surface area contributed by atoms with Gasteiger partial charge in [0.25, 0.3) is 0 Å². The molecule has 0 amide bonds. The van der Waals surface area contributed by atoms with E-state index in [9.17, 15) is 0 Å². The van der Waals surface area contributed by atoms with Gasteiger partial charge in [0.2, 0.25) is 0 Å². The highest BCUT2D eigenvalue weighted by Crippen LogP contribution is 2.26. The van der Waals surface area contributed by atoms with Crippen molar-refractivity contribution >= 4 is 24.8 Å². The normalized spacial score (nSPS) is 27.4. The molecule has 2 N–H and O–H groups in total. The standard InChI is InChI=1S/C10H20N2O.2ClH/c13-5-4-12-3-1-2-9(8-12)10-6-11-7-10;;/h9-11,13H,1-8H2;2*1H/t9-;;/m0../s1.